The Labute approximate surface area is 158 Å². The maximum Gasteiger partial charge on any atom is 0.227 e. The van der Waals surface area contributed by atoms with Crippen LogP contribution in [0, 0.1) is 0 Å². The molecule has 0 saturated carbocycles. The SMILES string of the molecule is O=C(Cc1cccc2ccccc12)NCc1cccc(N2CCCC2=O)c1. The molecule has 1 aliphatic rings. The summed E-state index contributed by atoms with van der Waals surface area (Å²) >= 11 is 0. The molecule has 1 aliphatic heterocycles. The van der Waals surface area contributed by atoms with E-state index in [1.54, 1.807) is 0 Å². The Morgan fingerprint density at radius 3 is 2.67 bits per heavy atom. The van der Waals surface area contributed by atoms with Crippen LogP contribution in [0.15, 0.2) is 66.7 Å². The zero-order chi connectivity index (χ0) is 18.6. The molecule has 3 aromatic carbocycles. The van der Waals surface area contributed by atoms with E-state index in [0.29, 0.717) is 19.4 Å². The Morgan fingerprint density at radius 2 is 1.81 bits per heavy atom. The Bertz CT molecular complexity index is 991. The van der Waals surface area contributed by atoms with E-state index >= 15 is 0 Å². The van der Waals surface area contributed by atoms with Gasteiger partial charge in [0.1, 0.15) is 0 Å². The molecule has 1 heterocycles. The number of benzene rings is 3. The van der Waals surface area contributed by atoms with E-state index in [1.165, 1.54) is 0 Å². The number of rotatable bonds is 5. The summed E-state index contributed by atoms with van der Waals surface area (Å²) in [6, 6.07) is 22.0. The molecule has 1 saturated heterocycles. The number of fused-ring (bicyclic) bond motifs is 1. The molecule has 27 heavy (non-hydrogen) atoms. The molecule has 4 heteroatoms. The first kappa shape index (κ1) is 17.3. The molecule has 0 spiro atoms. The van der Waals surface area contributed by atoms with E-state index < -0.39 is 0 Å². The van der Waals surface area contributed by atoms with E-state index in [0.717, 1.165) is 40.6 Å². The molecule has 1 N–H and O–H groups in total. The van der Waals surface area contributed by atoms with E-state index in [2.05, 4.69) is 23.5 Å². The molecule has 0 aliphatic carbocycles. The van der Waals surface area contributed by atoms with Gasteiger partial charge in [0.15, 0.2) is 0 Å². The van der Waals surface area contributed by atoms with Crippen molar-refractivity contribution in [1.29, 1.82) is 0 Å². The highest BCUT2D eigenvalue weighted by molar-refractivity contribution is 5.95. The van der Waals surface area contributed by atoms with Gasteiger partial charge < -0.3 is 10.2 Å². The number of nitrogens with one attached hydrogen (secondary N) is 1. The van der Waals surface area contributed by atoms with Gasteiger partial charge in [-0.25, -0.2) is 0 Å². The molecule has 0 atom stereocenters. The molecular formula is C23H22N2O2. The summed E-state index contributed by atoms with van der Waals surface area (Å²) in [7, 11) is 0. The summed E-state index contributed by atoms with van der Waals surface area (Å²) in [4.78, 5) is 26.2. The second kappa shape index (κ2) is 7.62. The predicted molar refractivity (Wildman–Crippen MR) is 108 cm³/mol. The largest absolute Gasteiger partial charge is 0.352 e. The lowest BCUT2D eigenvalue weighted by molar-refractivity contribution is -0.120. The zero-order valence-corrected chi connectivity index (χ0v) is 15.2. The van der Waals surface area contributed by atoms with E-state index in [1.807, 2.05) is 53.4 Å². The average molecular weight is 358 g/mol. The van der Waals surface area contributed by atoms with Gasteiger partial charge in [0.2, 0.25) is 11.8 Å². The number of amides is 2. The van der Waals surface area contributed by atoms with Crippen LogP contribution < -0.4 is 10.2 Å². The summed E-state index contributed by atoms with van der Waals surface area (Å²) < 4.78 is 0. The van der Waals surface area contributed by atoms with Gasteiger partial charge in [0.05, 0.1) is 6.42 Å². The van der Waals surface area contributed by atoms with Crippen LogP contribution in [0.2, 0.25) is 0 Å². The maximum atomic E-state index is 12.4. The topological polar surface area (TPSA) is 49.4 Å². The van der Waals surface area contributed by atoms with Crippen molar-refractivity contribution in [1.82, 2.24) is 5.32 Å². The highest BCUT2D eigenvalue weighted by atomic mass is 16.2. The number of anilines is 1. The van der Waals surface area contributed by atoms with Gasteiger partial charge in [-0.15, -0.1) is 0 Å². The molecule has 0 unspecified atom stereocenters. The number of carbonyl (C=O) groups excluding carboxylic acids is 2. The fourth-order valence-electron chi connectivity index (χ4n) is 3.64. The number of nitrogens with zero attached hydrogens (tertiary/aromatic N) is 1. The predicted octanol–water partition coefficient (Wildman–Crippen LogP) is 3.83. The van der Waals surface area contributed by atoms with Gasteiger partial charge in [-0.2, -0.15) is 0 Å². The van der Waals surface area contributed by atoms with Gasteiger partial charge in [0, 0.05) is 25.2 Å². The van der Waals surface area contributed by atoms with Crippen molar-refractivity contribution in [2.24, 2.45) is 0 Å². The quantitative estimate of drug-likeness (QED) is 0.754. The van der Waals surface area contributed by atoms with Crippen molar-refractivity contribution in [2.45, 2.75) is 25.8 Å². The Hall–Kier alpha value is -3.14. The minimum Gasteiger partial charge on any atom is -0.352 e. The van der Waals surface area contributed by atoms with Crippen LogP contribution in [0.25, 0.3) is 10.8 Å². The molecule has 3 aromatic rings. The molecule has 2 amide bonds. The summed E-state index contributed by atoms with van der Waals surface area (Å²) in [5.41, 5.74) is 2.94. The number of carbonyl (C=O) groups is 2. The molecular weight excluding hydrogens is 336 g/mol. The van der Waals surface area contributed by atoms with Crippen LogP contribution in [0.1, 0.15) is 24.0 Å². The summed E-state index contributed by atoms with van der Waals surface area (Å²) in [6.07, 6.45) is 1.88. The normalized spacial score (nSPS) is 13.9. The van der Waals surface area contributed by atoms with Crippen molar-refractivity contribution >= 4 is 28.3 Å². The standard InChI is InChI=1S/C23H22N2O2/c26-22(15-19-9-4-8-18-7-1-2-11-21(18)19)24-16-17-6-3-10-20(14-17)25-13-5-12-23(25)27/h1-4,6-11,14H,5,12-13,15-16H2,(H,24,26). The van der Waals surface area contributed by atoms with Gasteiger partial charge >= 0.3 is 0 Å². The Kier molecular flexibility index (Phi) is 4.88. The zero-order valence-electron chi connectivity index (χ0n) is 15.2. The fraction of sp³-hybridized carbons (Fsp3) is 0.217. The van der Waals surface area contributed by atoms with E-state index in [4.69, 9.17) is 0 Å². The number of hydrogen-bond donors (Lipinski definition) is 1. The fourth-order valence-corrected chi connectivity index (χ4v) is 3.64. The van der Waals surface area contributed by atoms with Crippen molar-refractivity contribution in [3.05, 3.63) is 77.9 Å². The van der Waals surface area contributed by atoms with Crippen LogP contribution >= 0.6 is 0 Å². The van der Waals surface area contributed by atoms with Crippen molar-refractivity contribution in [3.63, 3.8) is 0 Å². The molecule has 4 rings (SSSR count). The van der Waals surface area contributed by atoms with Crippen LogP contribution in [-0.2, 0) is 22.6 Å². The van der Waals surface area contributed by atoms with Crippen molar-refractivity contribution in [2.75, 3.05) is 11.4 Å². The lowest BCUT2D eigenvalue weighted by Crippen LogP contribution is -2.26. The van der Waals surface area contributed by atoms with Gasteiger partial charge in [-0.1, -0.05) is 54.6 Å². The molecule has 136 valence electrons. The summed E-state index contributed by atoms with van der Waals surface area (Å²) in [5, 5.41) is 5.26. The first-order valence-electron chi connectivity index (χ1n) is 9.33. The van der Waals surface area contributed by atoms with Gasteiger partial charge in [0.25, 0.3) is 0 Å². The molecule has 1 fully saturated rings. The third kappa shape index (κ3) is 3.85. The van der Waals surface area contributed by atoms with Gasteiger partial charge in [-0.05, 0) is 40.5 Å². The first-order chi connectivity index (χ1) is 13.2. The maximum absolute atomic E-state index is 12.4. The van der Waals surface area contributed by atoms with Crippen molar-refractivity contribution in [3.8, 4) is 0 Å². The minimum atomic E-state index is -0.00555. The highest BCUT2D eigenvalue weighted by Crippen LogP contribution is 2.22. The van der Waals surface area contributed by atoms with Crippen LogP contribution in [0.4, 0.5) is 5.69 Å². The first-order valence-corrected chi connectivity index (χ1v) is 9.33. The molecule has 0 aromatic heterocycles. The molecule has 4 nitrogen and oxygen atoms in total. The number of hydrogen-bond acceptors (Lipinski definition) is 2. The average Bonchev–Trinajstić information content (AvgIpc) is 3.13. The monoisotopic (exact) mass is 358 g/mol. The second-order valence-electron chi connectivity index (χ2n) is 6.91. The third-order valence-corrected chi connectivity index (χ3v) is 5.02. The summed E-state index contributed by atoms with van der Waals surface area (Å²) in [6.45, 7) is 1.23. The Balaban J connectivity index is 1.41. The highest BCUT2D eigenvalue weighted by Gasteiger charge is 2.21. The van der Waals surface area contributed by atoms with E-state index in [9.17, 15) is 9.59 Å². The van der Waals surface area contributed by atoms with Crippen molar-refractivity contribution < 1.29 is 9.59 Å². The van der Waals surface area contributed by atoms with Crippen LogP contribution in [-0.4, -0.2) is 18.4 Å². The lowest BCUT2D eigenvalue weighted by Gasteiger charge is -2.16. The van der Waals surface area contributed by atoms with Gasteiger partial charge in [-0.3, -0.25) is 9.59 Å². The second-order valence-corrected chi connectivity index (χ2v) is 6.91. The van der Waals surface area contributed by atoms with Crippen LogP contribution in [0.3, 0.4) is 0 Å². The third-order valence-electron chi connectivity index (χ3n) is 5.02. The lowest BCUT2D eigenvalue weighted by atomic mass is 10.0. The Morgan fingerprint density at radius 1 is 1.00 bits per heavy atom. The molecule has 0 radical (unpaired) electrons. The summed E-state index contributed by atoms with van der Waals surface area (Å²) in [5.74, 6) is 0.168. The van der Waals surface area contributed by atoms with Crippen LogP contribution in [0.5, 0.6) is 0 Å². The minimum absolute atomic E-state index is 0.00555. The van der Waals surface area contributed by atoms with E-state index in [-0.39, 0.29) is 11.8 Å². The molecule has 0 bridgehead atoms. The smallest absolute Gasteiger partial charge is 0.227 e.